The van der Waals surface area contributed by atoms with Crippen molar-refractivity contribution >= 4 is 11.8 Å². The van der Waals surface area contributed by atoms with Crippen LogP contribution in [0.15, 0.2) is 24.3 Å². The van der Waals surface area contributed by atoms with E-state index in [0.717, 1.165) is 5.56 Å². The first-order chi connectivity index (χ1) is 8.15. The fourth-order valence-electron chi connectivity index (χ4n) is 1.81. The topological polar surface area (TPSA) is 29.5 Å². The van der Waals surface area contributed by atoms with Crippen LogP contribution in [0, 0.1) is 6.92 Å². The third-order valence-electron chi connectivity index (χ3n) is 2.82. The number of hydrogen-bond donors (Lipinski definition) is 1. The van der Waals surface area contributed by atoms with E-state index in [-0.39, 0.29) is 5.25 Å². The van der Waals surface area contributed by atoms with E-state index < -0.39 is 11.6 Å². The van der Waals surface area contributed by atoms with Crippen molar-refractivity contribution in [3.63, 3.8) is 0 Å². The van der Waals surface area contributed by atoms with E-state index in [1.165, 1.54) is 17.3 Å². The lowest BCUT2D eigenvalue weighted by Crippen LogP contribution is -2.11. The molecule has 0 saturated carbocycles. The second-order valence-corrected chi connectivity index (χ2v) is 5.82. The van der Waals surface area contributed by atoms with Crippen LogP contribution in [0.3, 0.4) is 0 Å². The first-order valence-electron chi connectivity index (χ1n) is 5.76. The van der Waals surface area contributed by atoms with E-state index in [1.807, 2.05) is 31.2 Å². The zero-order chi connectivity index (χ0) is 12.3. The lowest BCUT2D eigenvalue weighted by Gasteiger charge is -2.09. The Morgan fingerprint density at radius 3 is 2.71 bits per heavy atom. The molecule has 1 aliphatic heterocycles. The number of ether oxygens (including phenoxy) is 1. The van der Waals surface area contributed by atoms with Crippen LogP contribution in [-0.4, -0.2) is 28.6 Å². The van der Waals surface area contributed by atoms with E-state index in [0.29, 0.717) is 19.6 Å². The van der Waals surface area contributed by atoms with Gasteiger partial charge in [0.15, 0.2) is 0 Å². The number of aliphatic hydroxyl groups is 1. The number of rotatable bonds is 4. The molecule has 1 N–H and O–H groups in total. The minimum absolute atomic E-state index is 0.0745. The zero-order valence-corrected chi connectivity index (χ0v) is 10.6. The molecule has 0 radical (unpaired) electrons. The van der Waals surface area contributed by atoms with Gasteiger partial charge in [-0.3, -0.25) is 0 Å². The van der Waals surface area contributed by atoms with Gasteiger partial charge in [0.1, 0.15) is 11.6 Å². The van der Waals surface area contributed by atoms with Crippen molar-refractivity contribution in [3.8, 4) is 0 Å². The first-order valence-corrected chi connectivity index (χ1v) is 6.70. The number of alkyl halides is 1. The van der Waals surface area contributed by atoms with Gasteiger partial charge in [-0.1, -0.05) is 29.8 Å². The summed E-state index contributed by atoms with van der Waals surface area (Å²) in [5, 5.41) is 9.32. The predicted molar refractivity (Wildman–Crippen MR) is 67.7 cm³/mol. The Bertz CT molecular complexity index is 345. The van der Waals surface area contributed by atoms with E-state index in [9.17, 15) is 9.50 Å². The van der Waals surface area contributed by atoms with Crippen LogP contribution in [0.4, 0.5) is 4.39 Å². The van der Waals surface area contributed by atoms with Gasteiger partial charge < -0.3 is 9.84 Å². The molecule has 0 amide bonds. The Hall–Kier alpha value is -0.580. The van der Waals surface area contributed by atoms with E-state index in [1.54, 1.807) is 0 Å². The average Bonchev–Trinajstić information content (AvgIpc) is 2.61. The molecule has 4 heteroatoms. The van der Waals surface area contributed by atoms with Crippen LogP contribution < -0.4 is 0 Å². The largest absolute Gasteiger partial charge is 0.379 e. The van der Waals surface area contributed by atoms with E-state index in [4.69, 9.17) is 4.74 Å². The molecule has 0 aliphatic carbocycles. The summed E-state index contributed by atoms with van der Waals surface area (Å²) in [6, 6.07) is 8.16. The molecule has 1 aromatic carbocycles. The van der Waals surface area contributed by atoms with Gasteiger partial charge in [-0.15, -0.1) is 11.8 Å². The maximum atomic E-state index is 13.0. The van der Waals surface area contributed by atoms with Crippen molar-refractivity contribution in [2.75, 3.05) is 6.61 Å². The fraction of sp³-hybridized carbons (Fsp3) is 0.538. The predicted octanol–water partition coefficient (Wildman–Crippen LogP) is 2.67. The number of halogens is 1. The number of hydrogen-bond acceptors (Lipinski definition) is 3. The molecule has 2 rings (SSSR count). The Balaban J connectivity index is 1.71. The summed E-state index contributed by atoms with van der Waals surface area (Å²) in [6.45, 7) is 3.09. The van der Waals surface area contributed by atoms with Gasteiger partial charge in [-0.25, -0.2) is 4.39 Å². The molecule has 0 spiro atoms. The first kappa shape index (κ1) is 12.9. The number of aliphatic hydroxyl groups excluding tert-OH is 1. The van der Waals surface area contributed by atoms with Crippen LogP contribution >= 0.6 is 11.8 Å². The fourth-order valence-corrected chi connectivity index (χ4v) is 2.95. The van der Waals surface area contributed by atoms with Crippen molar-refractivity contribution in [1.29, 1.82) is 0 Å². The smallest absolute Gasteiger partial charge is 0.136 e. The summed E-state index contributed by atoms with van der Waals surface area (Å²) in [5.74, 6) is 0. The van der Waals surface area contributed by atoms with Gasteiger partial charge in [0, 0.05) is 5.25 Å². The molecule has 0 aromatic heterocycles. The molecule has 1 aromatic rings. The summed E-state index contributed by atoms with van der Waals surface area (Å²) < 4.78 is 18.6. The summed E-state index contributed by atoms with van der Waals surface area (Å²) in [7, 11) is 0. The van der Waals surface area contributed by atoms with Crippen LogP contribution in [0.5, 0.6) is 0 Å². The van der Waals surface area contributed by atoms with E-state index >= 15 is 0 Å². The Morgan fingerprint density at radius 2 is 2.12 bits per heavy atom. The summed E-state index contributed by atoms with van der Waals surface area (Å²) in [4.78, 5) is 0. The maximum Gasteiger partial charge on any atom is 0.136 e. The van der Waals surface area contributed by atoms with Crippen LogP contribution in [0.25, 0.3) is 0 Å². The molecule has 94 valence electrons. The standard InChI is InChI=1S/C13H17FO2S/c1-9-2-4-10(5-3-9)7-16-8-11-6-12(14)13(15)17-11/h2-5,11-13,15H,6-8H2,1H3. The lowest BCUT2D eigenvalue weighted by atomic mass is 10.2. The van der Waals surface area contributed by atoms with Crippen molar-refractivity contribution in [2.45, 2.75) is 36.8 Å². The van der Waals surface area contributed by atoms with Crippen molar-refractivity contribution in [2.24, 2.45) is 0 Å². The highest BCUT2D eigenvalue weighted by molar-refractivity contribution is 8.00. The Labute approximate surface area is 105 Å². The second kappa shape index (κ2) is 5.85. The van der Waals surface area contributed by atoms with Crippen molar-refractivity contribution in [1.82, 2.24) is 0 Å². The number of thioether (sulfide) groups is 1. The van der Waals surface area contributed by atoms with Crippen LogP contribution in [0.1, 0.15) is 17.5 Å². The highest BCUT2D eigenvalue weighted by Gasteiger charge is 2.33. The zero-order valence-electron chi connectivity index (χ0n) is 9.80. The minimum atomic E-state index is -1.10. The molecule has 17 heavy (non-hydrogen) atoms. The van der Waals surface area contributed by atoms with E-state index in [2.05, 4.69) is 0 Å². The normalized spacial score (nSPS) is 28.5. The molecule has 1 saturated heterocycles. The third kappa shape index (κ3) is 3.69. The Morgan fingerprint density at radius 1 is 1.41 bits per heavy atom. The molecule has 2 nitrogen and oxygen atoms in total. The average molecular weight is 256 g/mol. The molecule has 1 fully saturated rings. The monoisotopic (exact) mass is 256 g/mol. The van der Waals surface area contributed by atoms with Crippen LogP contribution in [-0.2, 0) is 11.3 Å². The summed E-state index contributed by atoms with van der Waals surface area (Å²) >= 11 is 1.27. The highest BCUT2D eigenvalue weighted by atomic mass is 32.2. The third-order valence-corrected chi connectivity index (χ3v) is 4.11. The SMILES string of the molecule is Cc1ccc(COCC2CC(F)C(O)S2)cc1. The van der Waals surface area contributed by atoms with Crippen molar-refractivity contribution in [3.05, 3.63) is 35.4 Å². The Kier molecular flexibility index (Phi) is 4.42. The summed E-state index contributed by atoms with van der Waals surface area (Å²) in [5.41, 5.74) is 1.47. The minimum Gasteiger partial charge on any atom is -0.379 e. The number of benzene rings is 1. The molecular weight excluding hydrogens is 239 g/mol. The molecule has 1 heterocycles. The quantitative estimate of drug-likeness (QED) is 0.898. The molecule has 3 atom stereocenters. The maximum absolute atomic E-state index is 13.0. The van der Waals surface area contributed by atoms with Gasteiger partial charge in [-0.2, -0.15) is 0 Å². The van der Waals surface area contributed by atoms with Gasteiger partial charge in [-0.05, 0) is 18.9 Å². The van der Waals surface area contributed by atoms with Gasteiger partial charge >= 0.3 is 0 Å². The van der Waals surface area contributed by atoms with Crippen molar-refractivity contribution < 1.29 is 14.2 Å². The molecule has 1 aliphatic rings. The van der Waals surface area contributed by atoms with Gasteiger partial charge in [0.2, 0.25) is 0 Å². The second-order valence-electron chi connectivity index (χ2n) is 4.40. The van der Waals surface area contributed by atoms with Crippen LogP contribution in [0.2, 0.25) is 0 Å². The molecule has 0 bridgehead atoms. The highest BCUT2D eigenvalue weighted by Crippen LogP contribution is 2.34. The lowest BCUT2D eigenvalue weighted by molar-refractivity contribution is 0.111. The number of aryl methyl sites for hydroxylation is 1. The summed E-state index contributed by atoms with van der Waals surface area (Å²) in [6.07, 6.45) is -0.715. The van der Waals surface area contributed by atoms with Gasteiger partial charge in [0.25, 0.3) is 0 Å². The van der Waals surface area contributed by atoms with Gasteiger partial charge in [0.05, 0.1) is 13.2 Å². The molecular formula is C13H17FO2S. The molecule has 3 unspecified atom stereocenters.